The number of thioether (sulfide) groups is 1. The molecule has 0 aliphatic carbocycles. The molecule has 1 aromatic carbocycles. The predicted molar refractivity (Wildman–Crippen MR) is 112 cm³/mol. The van der Waals surface area contributed by atoms with Crippen molar-refractivity contribution < 1.29 is 14.4 Å². The lowest BCUT2D eigenvalue weighted by molar-refractivity contribution is -0.125. The number of hydrogen-bond acceptors (Lipinski definition) is 6. The van der Waals surface area contributed by atoms with Gasteiger partial charge in [0.25, 0.3) is 10.8 Å². The highest BCUT2D eigenvalue weighted by atomic mass is 32.2. The number of benzene rings is 1. The molecule has 0 bridgehead atoms. The fraction of sp³-hybridized carbons (Fsp3) is 0.250. The van der Waals surface area contributed by atoms with Crippen molar-refractivity contribution >= 4 is 40.2 Å². The molecule has 2 N–H and O–H groups in total. The Morgan fingerprint density at radius 2 is 1.93 bits per heavy atom. The maximum Gasteiger partial charge on any atom is 0.289 e. The highest BCUT2D eigenvalue weighted by Crippen LogP contribution is 2.22. The van der Waals surface area contributed by atoms with Crippen LogP contribution in [0.1, 0.15) is 22.5 Å². The molecule has 9 nitrogen and oxygen atoms in total. The van der Waals surface area contributed by atoms with E-state index >= 15 is 0 Å². The van der Waals surface area contributed by atoms with Crippen LogP contribution in [0.15, 0.2) is 35.1 Å². The summed E-state index contributed by atoms with van der Waals surface area (Å²) in [5.74, 6) is -0.225. The quantitative estimate of drug-likeness (QED) is 0.646. The Hall–Kier alpha value is -3.40. The van der Waals surface area contributed by atoms with Crippen LogP contribution in [0.5, 0.6) is 0 Å². The number of carbonyl (C=O) groups excluding carboxylic acids is 3. The van der Waals surface area contributed by atoms with Crippen LogP contribution in [0.3, 0.4) is 0 Å². The zero-order chi connectivity index (χ0) is 21.4. The van der Waals surface area contributed by atoms with Crippen LogP contribution in [-0.2, 0) is 22.6 Å². The lowest BCUT2D eigenvalue weighted by Gasteiger charge is -2.14. The van der Waals surface area contributed by atoms with Gasteiger partial charge in [-0.05, 0) is 31.5 Å². The summed E-state index contributed by atoms with van der Waals surface area (Å²) < 4.78 is 1.58. The fourth-order valence-corrected chi connectivity index (χ4v) is 4.11. The number of aromatic amines is 1. The molecular formula is C20H19N5O4S. The van der Waals surface area contributed by atoms with Gasteiger partial charge in [-0.15, -0.1) is 0 Å². The molecule has 2 aromatic heterocycles. The van der Waals surface area contributed by atoms with E-state index < -0.39 is 0 Å². The van der Waals surface area contributed by atoms with Gasteiger partial charge in [0.15, 0.2) is 5.65 Å². The number of imide groups is 1. The molecular weight excluding hydrogens is 406 g/mol. The third kappa shape index (κ3) is 3.86. The van der Waals surface area contributed by atoms with E-state index in [1.165, 1.54) is 11.0 Å². The number of nitrogens with one attached hydrogen (secondary N) is 2. The van der Waals surface area contributed by atoms with Crippen molar-refractivity contribution in [2.45, 2.75) is 26.8 Å². The Kier molecular flexibility index (Phi) is 5.17. The molecule has 0 radical (unpaired) electrons. The Labute approximate surface area is 175 Å². The maximum absolute atomic E-state index is 12.6. The molecule has 30 heavy (non-hydrogen) atoms. The fourth-order valence-electron chi connectivity index (χ4n) is 3.39. The van der Waals surface area contributed by atoms with Crippen molar-refractivity contribution in [2.75, 3.05) is 11.1 Å². The number of nitrogens with zero attached hydrogens (tertiary/aromatic N) is 3. The largest absolute Gasteiger partial charge is 0.326 e. The highest BCUT2D eigenvalue weighted by Gasteiger charge is 2.29. The van der Waals surface area contributed by atoms with Crippen LogP contribution in [-0.4, -0.2) is 42.3 Å². The summed E-state index contributed by atoms with van der Waals surface area (Å²) in [6.07, 6.45) is 0.108. The monoisotopic (exact) mass is 425 g/mol. The van der Waals surface area contributed by atoms with E-state index in [0.717, 1.165) is 28.6 Å². The first-order chi connectivity index (χ1) is 14.3. The second-order valence-electron chi connectivity index (χ2n) is 7.03. The molecule has 10 heteroatoms. The number of aryl methyl sites for hydroxylation is 2. The summed E-state index contributed by atoms with van der Waals surface area (Å²) in [6, 6.07) is 8.42. The number of fused-ring (bicyclic) bond motifs is 1. The van der Waals surface area contributed by atoms with Crippen LogP contribution in [0.2, 0.25) is 0 Å². The number of aromatic nitrogens is 3. The van der Waals surface area contributed by atoms with Crippen molar-refractivity contribution in [3.63, 3.8) is 0 Å². The first-order valence-corrected chi connectivity index (χ1v) is 10.2. The molecule has 1 aliphatic heterocycles. The molecule has 3 heterocycles. The van der Waals surface area contributed by atoms with Crippen molar-refractivity contribution in [1.29, 1.82) is 0 Å². The van der Waals surface area contributed by atoms with E-state index in [2.05, 4.69) is 15.4 Å². The molecule has 154 valence electrons. The number of hydrogen-bond donors (Lipinski definition) is 2. The highest BCUT2D eigenvalue weighted by molar-refractivity contribution is 8.14. The number of carbonyl (C=O) groups is 3. The first kappa shape index (κ1) is 19.9. The minimum absolute atomic E-state index is 0.108. The maximum atomic E-state index is 12.6. The van der Waals surface area contributed by atoms with Gasteiger partial charge in [0, 0.05) is 28.7 Å². The van der Waals surface area contributed by atoms with Crippen molar-refractivity contribution in [3.05, 3.63) is 63.2 Å². The number of amides is 3. The minimum atomic E-state index is -0.248. The van der Waals surface area contributed by atoms with E-state index in [1.807, 2.05) is 6.92 Å². The standard InChI is InChI=1S/C20H19N5O4S/c1-11-15(12(2)25-16(21-11)8-18(27)23-25)7-17(26)22-14-5-3-13(4-6-14)9-24-19(28)10-30-20(24)29/h3-6,8H,7,9-10H2,1-2H3,(H,22,26)(H,23,27). The number of rotatable bonds is 5. The lowest BCUT2D eigenvalue weighted by atomic mass is 10.1. The molecule has 3 aromatic rings. The molecule has 0 atom stereocenters. The summed E-state index contributed by atoms with van der Waals surface area (Å²) in [6.45, 7) is 3.85. The van der Waals surface area contributed by atoms with Gasteiger partial charge in [-0.1, -0.05) is 23.9 Å². The van der Waals surface area contributed by atoms with E-state index in [-0.39, 0.29) is 41.3 Å². The van der Waals surface area contributed by atoms with Gasteiger partial charge in [-0.2, -0.15) is 0 Å². The molecule has 0 spiro atoms. The number of H-pyrrole nitrogens is 1. The molecule has 1 saturated heterocycles. The van der Waals surface area contributed by atoms with Gasteiger partial charge in [0.2, 0.25) is 11.8 Å². The van der Waals surface area contributed by atoms with E-state index in [1.54, 1.807) is 35.7 Å². The first-order valence-electron chi connectivity index (χ1n) is 9.25. The average molecular weight is 425 g/mol. The normalized spacial score (nSPS) is 14.0. The molecule has 0 saturated carbocycles. The van der Waals surface area contributed by atoms with Gasteiger partial charge in [0.1, 0.15) is 0 Å². The molecule has 0 unspecified atom stereocenters. The second-order valence-corrected chi connectivity index (χ2v) is 7.96. The Balaban J connectivity index is 1.44. The summed E-state index contributed by atoms with van der Waals surface area (Å²) >= 11 is 1.00. The summed E-state index contributed by atoms with van der Waals surface area (Å²) in [5, 5.41) is 5.27. The summed E-state index contributed by atoms with van der Waals surface area (Å²) in [5.41, 5.74) is 3.86. The van der Waals surface area contributed by atoms with Crippen LogP contribution in [0, 0.1) is 13.8 Å². The van der Waals surface area contributed by atoms with Crippen LogP contribution in [0.25, 0.3) is 5.65 Å². The molecule has 1 fully saturated rings. The van der Waals surface area contributed by atoms with Gasteiger partial charge in [-0.3, -0.25) is 29.2 Å². The van der Waals surface area contributed by atoms with Crippen molar-refractivity contribution in [1.82, 2.24) is 19.5 Å². The van der Waals surface area contributed by atoms with E-state index in [9.17, 15) is 19.2 Å². The van der Waals surface area contributed by atoms with E-state index in [0.29, 0.717) is 17.0 Å². The minimum Gasteiger partial charge on any atom is -0.326 e. The second kappa shape index (κ2) is 7.79. The Bertz CT molecular complexity index is 1210. The SMILES string of the molecule is Cc1nc2cc(=O)[nH]n2c(C)c1CC(=O)Nc1ccc(CN2C(=O)CSC2=O)cc1. The molecule has 1 aliphatic rings. The summed E-state index contributed by atoms with van der Waals surface area (Å²) in [7, 11) is 0. The van der Waals surface area contributed by atoms with Crippen LogP contribution in [0.4, 0.5) is 10.5 Å². The molecule has 3 amide bonds. The van der Waals surface area contributed by atoms with Crippen LogP contribution < -0.4 is 10.9 Å². The zero-order valence-electron chi connectivity index (χ0n) is 16.4. The average Bonchev–Trinajstić information content (AvgIpc) is 3.23. The summed E-state index contributed by atoms with van der Waals surface area (Å²) in [4.78, 5) is 53.1. The Morgan fingerprint density at radius 3 is 2.60 bits per heavy atom. The lowest BCUT2D eigenvalue weighted by Crippen LogP contribution is -2.27. The van der Waals surface area contributed by atoms with Gasteiger partial charge < -0.3 is 5.32 Å². The number of anilines is 1. The topological polar surface area (TPSA) is 117 Å². The third-order valence-electron chi connectivity index (χ3n) is 4.96. The van der Waals surface area contributed by atoms with Gasteiger partial charge in [0.05, 0.1) is 18.7 Å². The van der Waals surface area contributed by atoms with Gasteiger partial charge in [-0.25, -0.2) is 9.50 Å². The zero-order valence-corrected chi connectivity index (χ0v) is 17.2. The predicted octanol–water partition coefficient (Wildman–Crippen LogP) is 2.02. The Morgan fingerprint density at radius 1 is 1.20 bits per heavy atom. The van der Waals surface area contributed by atoms with Crippen LogP contribution >= 0.6 is 11.8 Å². The molecule has 4 rings (SSSR count). The van der Waals surface area contributed by atoms with Gasteiger partial charge >= 0.3 is 0 Å². The van der Waals surface area contributed by atoms with Crippen molar-refractivity contribution in [2.24, 2.45) is 0 Å². The van der Waals surface area contributed by atoms with E-state index in [4.69, 9.17) is 0 Å². The smallest absolute Gasteiger partial charge is 0.289 e. The van der Waals surface area contributed by atoms with Crippen molar-refractivity contribution in [3.8, 4) is 0 Å². The third-order valence-corrected chi connectivity index (χ3v) is 5.82.